The van der Waals surface area contributed by atoms with E-state index >= 15 is 0 Å². The minimum Gasteiger partial charge on any atom is -0.484 e. The molecule has 0 fully saturated rings. The van der Waals surface area contributed by atoms with Gasteiger partial charge in [-0.1, -0.05) is 24.1 Å². The molecule has 4 rings (SSSR count). The molecule has 1 atom stereocenters. The molecule has 39 heavy (non-hydrogen) atoms. The van der Waals surface area contributed by atoms with Crippen molar-refractivity contribution in [3.63, 3.8) is 0 Å². The number of aromatic nitrogens is 3. The summed E-state index contributed by atoms with van der Waals surface area (Å²) in [6.07, 6.45) is -1.82. The van der Waals surface area contributed by atoms with Crippen molar-refractivity contribution >= 4 is 23.8 Å². The van der Waals surface area contributed by atoms with E-state index in [1.165, 1.54) is 35.1 Å². The van der Waals surface area contributed by atoms with E-state index in [0.29, 0.717) is 36.3 Å². The molecule has 1 aromatic carbocycles. The highest BCUT2D eigenvalue weighted by Gasteiger charge is 2.35. The molecule has 14 heteroatoms. The van der Waals surface area contributed by atoms with E-state index < -0.39 is 24.6 Å². The van der Waals surface area contributed by atoms with Crippen LogP contribution in [-0.4, -0.2) is 57.7 Å². The first-order valence-electron chi connectivity index (χ1n) is 11.9. The number of aryl methyl sites for hydroxylation is 1. The fourth-order valence-electron chi connectivity index (χ4n) is 4.12. The van der Waals surface area contributed by atoms with Crippen molar-refractivity contribution in [2.75, 3.05) is 18.9 Å². The van der Waals surface area contributed by atoms with E-state index in [4.69, 9.17) is 15.1 Å². The predicted octanol–water partition coefficient (Wildman–Crippen LogP) is 2.70. The van der Waals surface area contributed by atoms with Crippen LogP contribution in [0.3, 0.4) is 0 Å². The van der Waals surface area contributed by atoms with Crippen LogP contribution in [0.15, 0.2) is 42.6 Å². The summed E-state index contributed by atoms with van der Waals surface area (Å²) < 4.78 is 43.5. The smallest absolute Gasteiger partial charge is 0.422 e. The minimum absolute atomic E-state index is 0.0229. The standard InChI is InChI=1S/C25H24F3N7O3S/c26-25(27,28)14-38-18-3-1-2-15(10-18)4-6-17-11-19-21(23(36)33-17)22(24(37)31-8-9-39-30)35(34-19)20-7-5-16(12-29)13-32-20/h1-3,5,7,10,13,17H,4,6,8-9,11,14,30H2,(H,31,37)(H,33,36). The monoisotopic (exact) mass is 559 g/mol. The Hall–Kier alpha value is -4.09. The van der Waals surface area contributed by atoms with Crippen LogP contribution < -0.4 is 20.5 Å². The zero-order valence-electron chi connectivity index (χ0n) is 20.5. The van der Waals surface area contributed by atoms with Gasteiger partial charge in [0.05, 0.1) is 16.8 Å². The van der Waals surface area contributed by atoms with Gasteiger partial charge in [0.15, 0.2) is 12.4 Å². The van der Waals surface area contributed by atoms with Crippen molar-refractivity contribution in [1.82, 2.24) is 25.4 Å². The number of carbonyl (C=O) groups excluding carboxylic acids is 2. The first kappa shape index (κ1) is 27.9. The maximum Gasteiger partial charge on any atom is 0.422 e. The normalized spacial score (nSPS) is 14.7. The Labute approximate surface area is 225 Å². The lowest BCUT2D eigenvalue weighted by Gasteiger charge is -2.23. The number of carbonyl (C=O) groups is 2. The minimum atomic E-state index is -4.43. The molecule has 0 bridgehead atoms. The molecule has 0 aliphatic carbocycles. The highest BCUT2D eigenvalue weighted by Crippen LogP contribution is 2.25. The number of nitrogens with two attached hydrogens (primary N) is 1. The van der Waals surface area contributed by atoms with Crippen molar-refractivity contribution in [2.45, 2.75) is 31.5 Å². The molecule has 3 heterocycles. The number of halogens is 3. The summed E-state index contributed by atoms with van der Waals surface area (Å²) in [5, 5.41) is 24.7. The first-order valence-corrected chi connectivity index (χ1v) is 12.9. The van der Waals surface area contributed by atoms with Crippen LogP contribution in [0.25, 0.3) is 5.82 Å². The lowest BCUT2D eigenvalue weighted by molar-refractivity contribution is -0.153. The maximum absolute atomic E-state index is 13.2. The maximum atomic E-state index is 13.2. The van der Waals surface area contributed by atoms with Crippen LogP contribution in [0.4, 0.5) is 13.2 Å². The molecule has 2 amide bonds. The summed E-state index contributed by atoms with van der Waals surface area (Å²) in [6.45, 7) is -1.10. The summed E-state index contributed by atoms with van der Waals surface area (Å²) in [6, 6.07) is 11.1. The number of amides is 2. The molecule has 2 aromatic heterocycles. The summed E-state index contributed by atoms with van der Waals surface area (Å²) in [5.74, 6) is -0.151. The number of nitriles is 1. The van der Waals surface area contributed by atoms with Crippen molar-refractivity contribution in [3.8, 4) is 17.6 Å². The van der Waals surface area contributed by atoms with Gasteiger partial charge < -0.3 is 15.4 Å². The van der Waals surface area contributed by atoms with E-state index in [0.717, 1.165) is 17.5 Å². The van der Waals surface area contributed by atoms with Crippen molar-refractivity contribution in [2.24, 2.45) is 5.14 Å². The van der Waals surface area contributed by atoms with Crippen LogP contribution in [0, 0.1) is 11.3 Å². The predicted molar refractivity (Wildman–Crippen MR) is 136 cm³/mol. The van der Waals surface area contributed by atoms with Crippen molar-refractivity contribution in [3.05, 3.63) is 70.7 Å². The van der Waals surface area contributed by atoms with Crippen LogP contribution in [0.5, 0.6) is 5.75 Å². The Morgan fingerprint density at radius 1 is 1.33 bits per heavy atom. The van der Waals surface area contributed by atoms with Crippen molar-refractivity contribution in [1.29, 1.82) is 5.26 Å². The van der Waals surface area contributed by atoms with Gasteiger partial charge in [-0.2, -0.15) is 23.5 Å². The van der Waals surface area contributed by atoms with Gasteiger partial charge in [0.25, 0.3) is 11.8 Å². The van der Waals surface area contributed by atoms with Gasteiger partial charge in [-0.3, -0.25) is 14.7 Å². The number of fused-ring (bicyclic) bond motifs is 1. The third-order valence-corrected chi connectivity index (χ3v) is 6.30. The lowest BCUT2D eigenvalue weighted by Crippen LogP contribution is -2.42. The number of benzene rings is 1. The van der Waals surface area contributed by atoms with Crippen LogP contribution >= 0.6 is 11.9 Å². The number of nitrogens with one attached hydrogen (secondary N) is 2. The molecule has 1 aliphatic rings. The second-order valence-corrected chi connectivity index (χ2v) is 9.43. The van der Waals surface area contributed by atoms with Gasteiger partial charge in [0.2, 0.25) is 0 Å². The molecule has 0 radical (unpaired) electrons. The largest absolute Gasteiger partial charge is 0.484 e. The van der Waals surface area contributed by atoms with Crippen LogP contribution in [0.2, 0.25) is 0 Å². The van der Waals surface area contributed by atoms with E-state index in [1.54, 1.807) is 12.1 Å². The van der Waals surface area contributed by atoms with Gasteiger partial charge in [-0.05, 0) is 42.7 Å². The quantitative estimate of drug-likeness (QED) is 0.254. The average molecular weight is 560 g/mol. The fourth-order valence-corrected chi connectivity index (χ4v) is 4.34. The van der Waals surface area contributed by atoms with E-state index in [-0.39, 0.29) is 35.4 Å². The third-order valence-electron chi connectivity index (χ3n) is 5.86. The lowest BCUT2D eigenvalue weighted by atomic mass is 9.95. The summed E-state index contributed by atoms with van der Waals surface area (Å²) >= 11 is 1.07. The highest BCUT2D eigenvalue weighted by molar-refractivity contribution is 7.97. The van der Waals surface area contributed by atoms with E-state index in [2.05, 4.69) is 20.7 Å². The molecular weight excluding hydrogens is 535 g/mol. The molecule has 0 spiro atoms. The summed E-state index contributed by atoms with van der Waals surface area (Å²) in [7, 11) is 0. The van der Waals surface area contributed by atoms with E-state index in [1.807, 2.05) is 6.07 Å². The number of nitrogens with zero attached hydrogens (tertiary/aromatic N) is 4. The summed E-state index contributed by atoms with van der Waals surface area (Å²) in [4.78, 5) is 30.5. The zero-order valence-corrected chi connectivity index (χ0v) is 21.3. The van der Waals surface area contributed by atoms with Gasteiger partial charge in [-0.25, -0.2) is 9.67 Å². The second-order valence-electron chi connectivity index (χ2n) is 8.69. The molecule has 0 saturated heterocycles. The topological polar surface area (TPSA) is 148 Å². The number of hydrogen-bond donors (Lipinski definition) is 3. The van der Waals surface area contributed by atoms with E-state index in [9.17, 15) is 22.8 Å². The molecule has 3 aromatic rings. The first-order chi connectivity index (χ1) is 18.7. The average Bonchev–Trinajstić information content (AvgIpc) is 3.31. The SMILES string of the molecule is N#Cc1ccc(-n2nc3c(c2C(=O)NCCSN)C(=O)NC(CCc2cccc(OCC(F)(F)F)c2)C3)nc1. The Morgan fingerprint density at radius 2 is 2.15 bits per heavy atom. The Balaban J connectivity index is 1.54. The number of alkyl halides is 3. The van der Waals surface area contributed by atoms with Crippen molar-refractivity contribution < 1.29 is 27.5 Å². The molecule has 4 N–H and O–H groups in total. The molecule has 10 nitrogen and oxygen atoms in total. The Kier molecular flexibility index (Phi) is 8.72. The van der Waals surface area contributed by atoms with Gasteiger partial charge >= 0.3 is 6.18 Å². The highest BCUT2D eigenvalue weighted by atomic mass is 32.2. The fraction of sp³-hybridized carbons (Fsp3) is 0.320. The molecule has 204 valence electrons. The third kappa shape index (κ3) is 7.06. The Bertz CT molecular complexity index is 1390. The second kappa shape index (κ2) is 12.2. The van der Waals surface area contributed by atoms with Gasteiger partial charge in [-0.15, -0.1) is 0 Å². The summed E-state index contributed by atoms with van der Waals surface area (Å²) in [5.41, 5.74) is 1.65. The molecule has 0 saturated carbocycles. The van der Waals surface area contributed by atoms with Crippen LogP contribution in [-0.2, 0) is 12.8 Å². The number of ether oxygens (including phenoxy) is 1. The molecule has 1 unspecified atom stereocenters. The Morgan fingerprint density at radius 3 is 2.85 bits per heavy atom. The molecular formula is C25H24F3N7O3S. The number of hydrogen-bond acceptors (Lipinski definition) is 8. The zero-order chi connectivity index (χ0) is 28.0. The van der Waals surface area contributed by atoms with Gasteiger partial charge in [0, 0.05) is 31.0 Å². The number of pyridine rings is 1. The number of rotatable bonds is 10. The molecule has 1 aliphatic heterocycles. The van der Waals surface area contributed by atoms with Crippen LogP contribution in [0.1, 0.15) is 44.1 Å². The van der Waals surface area contributed by atoms with Gasteiger partial charge in [0.1, 0.15) is 17.5 Å².